The SMILES string of the molecule is CC#CCN1CCCc2c(C(=O)O)cccc21. The summed E-state index contributed by atoms with van der Waals surface area (Å²) in [5.41, 5.74) is 2.40. The van der Waals surface area contributed by atoms with Crippen molar-refractivity contribution >= 4 is 11.7 Å². The van der Waals surface area contributed by atoms with Gasteiger partial charge in [0.2, 0.25) is 0 Å². The number of hydrogen-bond donors (Lipinski definition) is 1. The van der Waals surface area contributed by atoms with Gasteiger partial charge in [-0.3, -0.25) is 0 Å². The first-order valence-corrected chi connectivity index (χ1v) is 5.73. The summed E-state index contributed by atoms with van der Waals surface area (Å²) in [7, 11) is 0. The molecule has 0 unspecified atom stereocenters. The van der Waals surface area contributed by atoms with E-state index in [0.29, 0.717) is 12.1 Å². The van der Waals surface area contributed by atoms with E-state index in [-0.39, 0.29) is 0 Å². The van der Waals surface area contributed by atoms with Gasteiger partial charge in [0.15, 0.2) is 0 Å². The molecule has 0 spiro atoms. The first-order chi connectivity index (χ1) is 8.24. The summed E-state index contributed by atoms with van der Waals surface area (Å²) >= 11 is 0. The minimum Gasteiger partial charge on any atom is -0.478 e. The van der Waals surface area contributed by atoms with Crippen molar-refractivity contribution < 1.29 is 9.90 Å². The summed E-state index contributed by atoms with van der Waals surface area (Å²) in [4.78, 5) is 13.3. The third-order valence-corrected chi connectivity index (χ3v) is 3.02. The van der Waals surface area contributed by atoms with Crippen molar-refractivity contribution in [3.8, 4) is 11.8 Å². The maximum Gasteiger partial charge on any atom is 0.336 e. The van der Waals surface area contributed by atoms with Crippen molar-refractivity contribution in [3.05, 3.63) is 29.3 Å². The monoisotopic (exact) mass is 229 g/mol. The van der Waals surface area contributed by atoms with Gasteiger partial charge in [0.1, 0.15) is 0 Å². The lowest BCUT2D eigenvalue weighted by molar-refractivity contribution is 0.0695. The van der Waals surface area contributed by atoms with Crippen molar-refractivity contribution in [2.24, 2.45) is 0 Å². The Morgan fingerprint density at radius 1 is 1.53 bits per heavy atom. The largest absolute Gasteiger partial charge is 0.478 e. The molecule has 88 valence electrons. The number of aromatic carboxylic acids is 1. The molecule has 0 amide bonds. The fraction of sp³-hybridized carbons (Fsp3) is 0.357. The topological polar surface area (TPSA) is 40.5 Å². The van der Waals surface area contributed by atoms with Gasteiger partial charge in [0, 0.05) is 12.2 Å². The Labute approximate surface area is 101 Å². The average molecular weight is 229 g/mol. The van der Waals surface area contributed by atoms with Crippen LogP contribution in [0.4, 0.5) is 5.69 Å². The minimum atomic E-state index is -0.842. The van der Waals surface area contributed by atoms with E-state index < -0.39 is 5.97 Å². The molecule has 0 aromatic heterocycles. The van der Waals surface area contributed by atoms with E-state index in [9.17, 15) is 4.79 Å². The zero-order valence-electron chi connectivity index (χ0n) is 9.86. The van der Waals surface area contributed by atoms with E-state index >= 15 is 0 Å². The van der Waals surface area contributed by atoms with E-state index in [1.165, 1.54) is 0 Å². The van der Waals surface area contributed by atoms with Crippen LogP contribution in [0.5, 0.6) is 0 Å². The Balaban J connectivity index is 2.40. The molecule has 1 N–H and O–H groups in total. The van der Waals surface area contributed by atoms with Crippen molar-refractivity contribution in [2.45, 2.75) is 19.8 Å². The van der Waals surface area contributed by atoms with Gasteiger partial charge >= 0.3 is 5.97 Å². The number of hydrogen-bond acceptors (Lipinski definition) is 2. The molecule has 0 atom stereocenters. The quantitative estimate of drug-likeness (QED) is 0.790. The summed E-state index contributed by atoms with van der Waals surface area (Å²) in [6.45, 7) is 3.44. The molecule has 0 bridgehead atoms. The van der Waals surface area contributed by atoms with Crippen molar-refractivity contribution in [2.75, 3.05) is 18.0 Å². The highest BCUT2D eigenvalue weighted by atomic mass is 16.4. The van der Waals surface area contributed by atoms with Gasteiger partial charge in [0.25, 0.3) is 0 Å². The lowest BCUT2D eigenvalue weighted by atomic mass is 9.96. The normalized spacial score (nSPS) is 13.6. The highest BCUT2D eigenvalue weighted by molar-refractivity contribution is 5.91. The van der Waals surface area contributed by atoms with Gasteiger partial charge in [-0.1, -0.05) is 12.0 Å². The molecule has 1 aliphatic heterocycles. The second-order valence-electron chi connectivity index (χ2n) is 4.06. The number of rotatable bonds is 2. The molecular weight excluding hydrogens is 214 g/mol. The number of benzene rings is 1. The predicted octanol–water partition coefficient (Wildman–Crippen LogP) is 2.16. The van der Waals surface area contributed by atoms with Crippen LogP contribution in [-0.4, -0.2) is 24.2 Å². The highest BCUT2D eigenvalue weighted by Gasteiger charge is 2.21. The first-order valence-electron chi connectivity index (χ1n) is 5.73. The maximum absolute atomic E-state index is 11.1. The molecule has 2 rings (SSSR count). The molecule has 1 heterocycles. The zero-order valence-corrected chi connectivity index (χ0v) is 9.86. The van der Waals surface area contributed by atoms with Gasteiger partial charge < -0.3 is 10.0 Å². The van der Waals surface area contributed by atoms with E-state index in [4.69, 9.17) is 5.11 Å². The number of carboxylic acid groups (broad SMARTS) is 1. The molecule has 0 saturated carbocycles. The van der Waals surface area contributed by atoms with Crippen LogP contribution < -0.4 is 4.90 Å². The fourth-order valence-electron chi connectivity index (χ4n) is 2.24. The van der Waals surface area contributed by atoms with Gasteiger partial charge in [-0.05, 0) is 37.5 Å². The third-order valence-electron chi connectivity index (χ3n) is 3.02. The molecule has 17 heavy (non-hydrogen) atoms. The number of fused-ring (bicyclic) bond motifs is 1. The Morgan fingerprint density at radius 2 is 2.35 bits per heavy atom. The predicted molar refractivity (Wildman–Crippen MR) is 67.4 cm³/mol. The van der Waals surface area contributed by atoms with Crippen molar-refractivity contribution in [1.29, 1.82) is 0 Å². The van der Waals surface area contributed by atoms with E-state index in [0.717, 1.165) is 30.6 Å². The molecule has 1 aromatic carbocycles. The Kier molecular flexibility index (Phi) is 3.34. The summed E-state index contributed by atoms with van der Waals surface area (Å²) in [6.07, 6.45) is 1.83. The van der Waals surface area contributed by atoms with E-state index in [1.807, 2.05) is 13.0 Å². The van der Waals surface area contributed by atoms with Gasteiger partial charge in [-0.25, -0.2) is 4.79 Å². The number of anilines is 1. The van der Waals surface area contributed by atoms with Crippen LogP contribution in [0.3, 0.4) is 0 Å². The summed E-state index contributed by atoms with van der Waals surface area (Å²) in [6, 6.07) is 5.47. The van der Waals surface area contributed by atoms with Crippen LogP contribution in [0.1, 0.15) is 29.3 Å². The minimum absolute atomic E-state index is 0.427. The van der Waals surface area contributed by atoms with Gasteiger partial charge in [-0.2, -0.15) is 0 Å². The molecule has 3 heteroatoms. The van der Waals surface area contributed by atoms with Crippen LogP contribution in [0.15, 0.2) is 18.2 Å². The highest BCUT2D eigenvalue weighted by Crippen LogP contribution is 2.29. The molecule has 0 aliphatic carbocycles. The van der Waals surface area contributed by atoms with Gasteiger partial charge in [0.05, 0.1) is 12.1 Å². The summed E-state index contributed by atoms with van der Waals surface area (Å²) in [5.74, 6) is 5.07. The van der Waals surface area contributed by atoms with Crippen LogP contribution in [-0.2, 0) is 6.42 Å². The van der Waals surface area contributed by atoms with E-state index in [1.54, 1.807) is 12.1 Å². The zero-order chi connectivity index (χ0) is 12.3. The second-order valence-corrected chi connectivity index (χ2v) is 4.06. The number of carbonyl (C=O) groups is 1. The molecule has 1 aliphatic rings. The fourth-order valence-corrected chi connectivity index (χ4v) is 2.24. The first kappa shape index (κ1) is 11.5. The third kappa shape index (κ3) is 2.26. The smallest absolute Gasteiger partial charge is 0.336 e. The lowest BCUT2D eigenvalue weighted by Gasteiger charge is -2.30. The van der Waals surface area contributed by atoms with E-state index in [2.05, 4.69) is 16.7 Å². The van der Waals surface area contributed by atoms with Crippen molar-refractivity contribution in [1.82, 2.24) is 0 Å². The standard InChI is InChI=1S/C14H15NO2/c1-2-3-9-15-10-5-7-11-12(14(16)17)6-4-8-13(11)15/h4,6,8H,5,7,9-10H2,1H3,(H,16,17). The molecule has 1 aromatic rings. The average Bonchev–Trinajstić information content (AvgIpc) is 2.35. The Morgan fingerprint density at radius 3 is 3.06 bits per heavy atom. The van der Waals surface area contributed by atoms with Crippen LogP contribution in [0, 0.1) is 11.8 Å². The second kappa shape index (κ2) is 4.92. The van der Waals surface area contributed by atoms with Crippen LogP contribution >= 0.6 is 0 Å². The summed E-state index contributed by atoms with van der Waals surface area (Å²) < 4.78 is 0. The van der Waals surface area contributed by atoms with Crippen LogP contribution in [0.2, 0.25) is 0 Å². The Hall–Kier alpha value is -1.95. The Bertz CT molecular complexity index is 497. The molecule has 0 saturated heterocycles. The number of nitrogens with zero attached hydrogens (tertiary/aromatic N) is 1. The maximum atomic E-state index is 11.1. The molecular formula is C14H15NO2. The molecule has 3 nitrogen and oxygen atoms in total. The molecule has 0 radical (unpaired) electrons. The number of carboxylic acids is 1. The van der Waals surface area contributed by atoms with Crippen molar-refractivity contribution in [3.63, 3.8) is 0 Å². The van der Waals surface area contributed by atoms with Gasteiger partial charge in [-0.15, -0.1) is 5.92 Å². The summed E-state index contributed by atoms with van der Waals surface area (Å²) in [5, 5.41) is 9.16. The lowest BCUT2D eigenvalue weighted by Crippen LogP contribution is -2.30. The van der Waals surface area contributed by atoms with Crippen LogP contribution in [0.25, 0.3) is 0 Å². The molecule has 0 fully saturated rings.